The minimum Gasteiger partial charge on any atom is -0.481 e. The van der Waals surface area contributed by atoms with Gasteiger partial charge in [0.2, 0.25) is 0 Å². The van der Waals surface area contributed by atoms with E-state index in [-0.39, 0.29) is 12.0 Å². The van der Waals surface area contributed by atoms with Crippen molar-refractivity contribution in [2.75, 3.05) is 6.61 Å². The van der Waals surface area contributed by atoms with Crippen molar-refractivity contribution in [1.82, 2.24) is 0 Å². The lowest BCUT2D eigenvalue weighted by Crippen LogP contribution is -2.15. The van der Waals surface area contributed by atoms with Gasteiger partial charge in [0.25, 0.3) is 0 Å². The molecule has 2 unspecified atom stereocenters. The molecule has 0 saturated carbocycles. The lowest BCUT2D eigenvalue weighted by atomic mass is 9.96. The molecule has 0 spiro atoms. The van der Waals surface area contributed by atoms with Crippen molar-refractivity contribution in [3.63, 3.8) is 0 Å². The van der Waals surface area contributed by atoms with Crippen LogP contribution in [0.5, 0.6) is 0 Å². The van der Waals surface area contributed by atoms with Gasteiger partial charge in [0.05, 0.1) is 18.6 Å². The SMILES string of the molecule is CCCCCCCCC(CC1CO1)C(=O)O. The van der Waals surface area contributed by atoms with Crippen molar-refractivity contribution in [3.05, 3.63) is 0 Å². The van der Waals surface area contributed by atoms with Gasteiger partial charge in [0.1, 0.15) is 0 Å². The first-order chi connectivity index (χ1) is 7.74. The van der Waals surface area contributed by atoms with Crippen LogP contribution in [0.2, 0.25) is 0 Å². The molecule has 94 valence electrons. The van der Waals surface area contributed by atoms with Gasteiger partial charge in [-0.1, -0.05) is 45.4 Å². The molecule has 0 radical (unpaired) electrons. The minimum absolute atomic E-state index is 0.182. The molecule has 1 aliphatic rings. The van der Waals surface area contributed by atoms with Crippen LogP contribution in [-0.4, -0.2) is 23.8 Å². The van der Waals surface area contributed by atoms with Crippen LogP contribution >= 0.6 is 0 Å². The molecule has 0 aromatic heterocycles. The van der Waals surface area contributed by atoms with E-state index >= 15 is 0 Å². The molecule has 0 aromatic carbocycles. The van der Waals surface area contributed by atoms with Gasteiger partial charge in [-0.25, -0.2) is 0 Å². The number of unbranched alkanes of at least 4 members (excludes halogenated alkanes) is 5. The van der Waals surface area contributed by atoms with Crippen molar-refractivity contribution < 1.29 is 14.6 Å². The van der Waals surface area contributed by atoms with E-state index in [0.717, 1.165) is 19.4 Å². The molecular formula is C13H24O3. The molecule has 16 heavy (non-hydrogen) atoms. The van der Waals surface area contributed by atoms with Crippen molar-refractivity contribution in [1.29, 1.82) is 0 Å². The highest BCUT2D eigenvalue weighted by molar-refractivity contribution is 5.69. The Labute approximate surface area is 98.2 Å². The van der Waals surface area contributed by atoms with Gasteiger partial charge in [-0.3, -0.25) is 4.79 Å². The topological polar surface area (TPSA) is 49.8 Å². The molecule has 1 saturated heterocycles. The van der Waals surface area contributed by atoms with E-state index in [9.17, 15) is 4.79 Å². The molecule has 1 N–H and O–H groups in total. The van der Waals surface area contributed by atoms with Crippen LogP contribution in [0.25, 0.3) is 0 Å². The van der Waals surface area contributed by atoms with E-state index in [2.05, 4.69) is 6.92 Å². The summed E-state index contributed by atoms with van der Waals surface area (Å²) in [5.74, 6) is -0.831. The quantitative estimate of drug-likeness (QED) is 0.461. The van der Waals surface area contributed by atoms with Crippen LogP contribution in [-0.2, 0) is 9.53 Å². The Morgan fingerprint density at radius 3 is 2.50 bits per heavy atom. The molecule has 1 fully saturated rings. The Kier molecular flexibility index (Phi) is 6.46. The van der Waals surface area contributed by atoms with Crippen molar-refractivity contribution in [2.24, 2.45) is 5.92 Å². The number of rotatable bonds is 10. The van der Waals surface area contributed by atoms with E-state index in [1.54, 1.807) is 0 Å². The summed E-state index contributed by atoms with van der Waals surface area (Å²) < 4.78 is 5.09. The first-order valence-electron chi connectivity index (χ1n) is 6.58. The number of hydrogen-bond donors (Lipinski definition) is 1. The largest absolute Gasteiger partial charge is 0.481 e. The first kappa shape index (κ1) is 13.5. The molecule has 0 aliphatic carbocycles. The molecule has 3 nitrogen and oxygen atoms in total. The summed E-state index contributed by atoms with van der Waals surface area (Å²) in [4.78, 5) is 11.0. The minimum atomic E-state index is -0.649. The first-order valence-corrected chi connectivity index (χ1v) is 6.58. The van der Waals surface area contributed by atoms with Crippen LogP contribution in [0.15, 0.2) is 0 Å². The molecule has 0 amide bonds. The molecule has 0 aromatic rings. The maximum atomic E-state index is 11.0. The molecular weight excluding hydrogens is 204 g/mol. The van der Waals surface area contributed by atoms with E-state index < -0.39 is 5.97 Å². The zero-order chi connectivity index (χ0) is 11.8. The van der Waals surface area contributed by atoms with Crippen LogP contribution < -0.4 is 0 Å². The fourth-order valence-electron chi connectivity index (χ4n) is 2.03. The monoisotopic (exact) mass is 228 g/mol. The summed E-state index contributed by atoms with van der Waals surface area (Å²) in [6.07, 6.45) is 9.10. The van der Waals surface area contributed by atoms with Crippen LogP contribution in [0.1, 0.15) is 58.3 Å². The predicted molar refractivity (Wildman–Crippen MR) is 63.5 cm³/mol. The molecule has 3 heteroatoms. The van der Waals surface area contributed by atoms with Gasteiger partial charge in [-0.2, -0.15) is 0 Å². The summed E-state index contributed by atoms with van der Waals surface area (Å²) >= 11 is 0. The van der Waals surface area contributed by atoms with Gasteiger partial charge >= 0.3 is 5.97 Å². The number of epoxide rings is 1. The van der Waals surface area contributed by atoms with E-state index in [1.807, 2.05) is 0 Å². The predicted octanol–water partition coefficient (Wildman–Crippen LogP) is 3.23. The third kappa shape index (κ3) is 6.11. The second-order valence-corrected chi connectivity index (χ2v) is 4.78. The smallest absolute Gasteiger partial charge is 0.306 e. The van der Waals surface area contributed by atoms with Crippen LogP contribution in [0.4, 0.5) is 0 Å². The van der Waals surface area contributed by atoms with Gasteiger partial charge in [-0.15, -0.1) is 0 Å². The zero-order valence-electron chi connectivity index (χ0n) is 10.3. The van der Waals surface area contributed by atoms with Crippen molar-refractivity contribution in [3.8, 4) is 0 Å². The number of hydrogen-bond acceptors (Lipinski definition) is 2. The van der Waals surface area contributed by atoms with Gasteiger partial charge in [0, 0.05) is 0 Å². The van der Waals surface area contributed by atoms with Crippen LogP contribution in [0, 0.1) is 5.92 Å². The Morgan fingerprint density at radius 1 is 1.31 bits per heavy atom. The second kappa shape index (κ2) is 7.66. The molecule has 1 heterocycles. The maximum absolute atomic E-state index is 11.0. The Bertz CT molecular complexity index is 199. The summed E-state index contributed by atoms with van der Waals surface area (Å²) in [7, 11) is 0. The third-order valence-electron chi connectivity index (χ3n) is 3.21. The number of ether oxygens (including phenoxy) is 1. The normalized spacial score (nSPS) is 20.7. The third-order valence-corrected chi connectivity index (χ3v) is 3.21. The molecule has 1 aliphatic heterocycles. The molecule has 0 bridgehead atoms. The lowest BCUT2D eigenvalue weighted by molar-refractivity contribution is -0.142. The number of carbonyl (C=O) groups is 1. The number of carboxylic acid groups (broad SMARTS) is 1. The second-order valence-electron chi connectivity index (χ2n) is 4.78. The number of aliphatic carboxylic acids is 1. The summed E-state index contributed by atoms with van der Waals surface area (Å²) in [5.41, 5.74) is 0. The zero-order valence-corrected chi connectivity index (χ0v) is 10.3. The summed E-state index contributed by atoms with van der Waals surface area (Å²) in [5, 5.41) is 9.04. The maximum Gasteiger partial charge on any atom is 0.306 e. The summed E-state index contributed by atoms with van der Waals surface area (Å²) in [6.45, 7) is 2.97. The number of carboxylic acids is 1. The fourth-order valence-corrected chi connectivity index (χ4v) is 2.03. The Morgan fingerprint density at radius 2 is 1.94 bits per heavy atom. The highest BCUT2D eigenvalue weighted by atomic mass is 16.6. The van der Waals surface area contributed by atoms with Gasteiger partial charge < -0.3 is 9.84 Å². The van der Waals surface area contributed by atoms with Gasteiger partial charge in [-0.05, 0) is 12.8 Å². The fraction of sp³-hybridized carbons (Fsp3) is 0.923. The molecule has 2 atom stereocenters. The highest BCUT2D eigenvalue weighted by Gasteiger charge is 2.29. The van der Waals surface area contributed by atoms with Crippen LogP contribution in [0.3, 0.4) is 0 Å². The average molecular weight is 228 g/mol. The van der Waals surface area contributed by atoms with Crippen molar-refractivity contribution in [2.45, 2.75) is 64.4 Å². The lowest BCUT2D eigenvalue weighted by Gasteiger charge is -2.10. The highest BCUT2D eigenvalue weighted by Crippen LogP contribution is 2.24. The van der Waals surface area contributed by atoms with Crippen molar-refractivity contribution >= 4 is 5.97 Å². The standard InChI is InChI=1S/C13H24O3/c1-2-3-4-5-6-7-8-11(13(14)15)9-12-10-16-12/h11-12H,2-10H2,1H3,(H,14,15). The average Bonchev–Trinajstić information content (AvgIpc) is 3.05. The van der Waals surface area contributed by atoms with E-state index in [0.29, 0.717) is 6.42 Å². The Balaban J connectivity index is 2.00. The van der Waals surface area contributed by atoms with E-state index in [1.165, 1.54) is 32.1 Å². The molecule has 1 rings (SSSR count). The summed E-state index contributed by atoms with van der Waals surface area (Å²) in [6, 6.07) is 0. The van der Waals surface area contributed by atoms with Gasteiger partial charge in [0.15, 0.2) is 0 Å². The van der Waals surface area contributed by atoms with E-state index in [4.69, 9.17) is 9.84 Å². The Hall–Kier alpha value is -0.570.